The molecule has 0 spiro atoms. The first-order valence-corrected chi connectivity index (χ1v) is 10.5. The first-order valence-electron chi connectivity index (χ1n) is 9.75. The minimum absolute atomic E-state index is 0.210. The number of pyridine rings is 1. The Morgan fingerprint density at radius 1 is 1.07 bits per heavy atom. The Morgan fingerprint density at radius 2 is 1.80 bits per heavy atom. The minimum Gasteiger partial charge on any atom is -0.462 e. The van der Waals surface area contributed by atoms with E-state index in [4.69, 9.17) is 27.9 Å². The van der Waals surface area contributed by atoms with Gasteiger partial charge in [-0.25, -0.2) is 9.78 Å². The standard InChI is InChI=1S/C22H27Cl2N3O3/c1-5-30-22(29)17-8-10-20(25-15(17)2)21(28)27(12-6-11-26(3)4)14-16-7-9-18(23)19(24)13-16/h7-10,13H,5-6,11-12,14H2,1-4H3. The van der Waals surface area contributed by atoms with Gasteiger partial charge in [0.1, 0.15) is 5.69 Å². The molecule has 1 aromatic heterocycles. The topological polar surface area (TPSA) is 62.7 Å². The molecule has 0 saturated carbocycles. The summed E-state index contributed by atoms with van der Waals surface area (Å²) in [7, 11) is 3.98. The zero-order chi connectivity index (χ0) is 22.3. The molecular weight excluding hydrogens is 425 g/mol. The quantitative estimate of drug-likeness (QED) is 0.526. The number of carbonyl (C=O) groups excluding carboxylic acids is 2. The third kappa shape index (κ3) is 6.69. The number of nitrogens with zero attached hydrogens (tertiary/aromatic N) is 3. The first-order chi connectivity index (χ1) is 14.2. The van der Waals surface area contributed by atoms with Crippen LogP contribution in [0.3, 0.4) is 0 Å². The zero-order valence-corrected chi connectivity index (χ0v) is 19.3. The van der Waals surface area contributed by atoms with Crippen molar-refractivity contribution in [1.29, 1.82) is 0 Å². The van der Waals surface area contributed by atoms with Crippen molar-refractivity contribution in [3.8, 4) is 0 Å². The highest BCUT2D eigenvalue weighted by Gasteiger charge is 2.20. The van der Waals surface area contributed by atoms with Gasteiger partial charge in [-0.1, -0.05) is 29.3 Å². The summed E-state index contributed by atoms with van der Waals surface area (Å²) in [5.74, 6) is -0.654. The lowest BCUT2D eigenvalue weighted by Crippen LogP contribution is -2.33. The van der Waals surface area contributed by atoms with E-state index in [1.165, 1.54) is 0 Å². The van der Waals surface area contributed by atoms with Crippen LogP contribution in [0.1, 0.15) is 45.4 Å². The van der Waals surface area contributed by atoms with Crippen molar-refractivity contribution in [2.24, 2.45) is 0 Å². The lowest BCUT2D eigenvalue weighted by molar-refractivity contribution is 0.0524. The van der Waals surface area contributed by atoms with Gasteiger partial charge < -0.3 is 14.5 Å². The summed E-state index contributed by atoms with van der Waals surface area (Å²) >= 11 is 12.1. The van der Waals surface area contributed by atoms with E-state index in [2.05, 4.69) is 9.88 Å². The molecule has 0 unspecified atom stereocenters. The number of benzene rings is 1. The van der Waals surface area contributed by atoms with Crippen LogP contribution in [0, 0.1) is 6.92 Å². The van der Waals surface area contributed by atoms with Gasteiger partial charge in [-0.3, -0.25) is 4.79 Å². The Labute approximate surface area is 187 Å². The molecule has 0 N–H and O–H groups in total. The number of esters is 1. The summed E-state index contributed by atoms with van der Waals surface area (Å²) in [6.07, 6.45) is 0.806. The summed E-state index contributed by atoms with van der Waals surface area (Å²) in [5, 5.41) is 0.917. The van der Waals surface area contributed by atoms with Crippen LogP contribution in [0.2, 0.25) is 10.0 Å². The molecule has 2 aromatic rings. The van der Waals surface area contributed by atoms with Crippen LogP contribution in [0.25, 0.3) is 0 Å². The fourth-order valence-corrected chi connectivity index (χ4v) is 3.28. The summed E-state index contributed by atoms with van der Waals surface area (Å²) in [6.45, 7) is 5.49. The minimum atomic E-state index is -0.444. The van der Waals surface area contributed by atoms with Crippen LogP contribution in [-0.4, -0.2) is 60.5 Å². The normalized spacial score (nSPS) is 10.9. The fourth-order valence-electron chi connectivity index (χ4n) is 2.96. The molecule has 0 aliphatic heterocycles. The van der Waals surface area contributed by atoms with Crippen LogP contribution in [-0.2, 0) is 11.3 Å². The number of carbonyl (C=O) groups is 2. The number of hydrogen-bond acceptors (Lipinski definition) is 5. The number of ether oxygens (including phenoxy) is 1. The molecule has 1 amide bonds. The van der Waals surface area contributed by atoms with E-state index in [1.54, 1.807) is 43.0 Å². The number of halogens is 2. The fraction of sp³-hybridized carbons (Fsp3) is 0.409. The molecule has 0 atom stereocenters. The first kappa shape index (κ1) is 24.1. The zero-order valence-electron chi connectivity index (χ0n) is 17.7. The summed E-state index contributed by atoms with van der Waals surface area (Å²) in [6, 6.07) is 8.49. The van der Waals surface area contributed by atoms with Crippen LogP contribution in [0.15, 0.2) is 30.3 Å². The van der Waals surface area contributed by atoms with E-state index < -0.39 is 5.97 Å². The second-order valence-electron chi connectivity index (χ2n) is 7.18. The van der Waals surface area contributed by atoms with Gasteiger partial charge >= 0.3 is 5.97 Å². The summed E-state index contributed by atoms with van der Waals surface area (Å²) < 4.78 is 5.03. The highest BCUT2D eigenvalue weighted by atomic mass is 35.5. The SMILES string of the molecule is CCOC(=O)c1ccc(C(=O)N(CCCN(C)C)Cc2ccc(Cl)c(Cl)c2)nc1C. The lowest BCUT2D eigenvalue weighted by atomic mass is 10.1. The number of aromatic nitrogens is 1. The van der Waals surface area contributed by atoms with Gasteiger partial charge in [0.25, 0.3) is 5.91 Å². The van der Waals surface area contributed by atoms with Crippen molar-refractivity contribution in [3.05, 3.63) is 62.9 Å². The Bertz CT molecular complexity index is 903. The Balaban J connectivity index is 2.25. The smallest absolute Gasteiger partial charge is 0.339 e. The van der Waals surface area contributed by atoms with Gasteiger partial charge in [0.05, 0.1) is 27.9 Å². The van der Waals surface area contributed by atoms with Crippen molar-refractivity contribution in [2.75, 3.05) is 33.8 Å². The molecule has 6 nitrogen and oxygen atoms in total. The molecule has 0 fully saturated rings. The molecule has 0 saturated heterocycles. The predicted octanol–water partition coefficient (Wildman–Crippen LogP) is 4.47. The second kappa shape index (κ2) is 11.3. The molecule has 0 bridgehead atoms. The third-order valence-electron chi connectivity index (χ3n) is 4.48. The third-order valence-corrected chi connectivity index (χ3v) is 5.22. The highest BCUT2D eigenvalue weighted by Crippen LogP contribution is 2.23. The van der Waals surface area contributed by atoms with Crippen molar-refractivity contribution >= 4 is 35.1 Å². The second-order valence-corrected chi connectivity index (χ2v) is 8.00. The molecule has 1 heterocycles. The van der Waals surface area contributed by atoms with E-state index >= 15 is 0 Å². The predicted molar refractivity (Wildman–Crippen MR) is 119 cm³/mol. The van der Waals surface area contributed by atoms with E-state index in [9.17, 15) is 9.59 Å². The van der Waals surface area contributed by atoms with Gasteiger partial charge in [-0.05, 0) is 70.7 Å². The van der Waals surface area contributed by atoms with Crippen molar-refractivity contribution in [2.45, 2.75) is 26.8 Å². The molecule has 162 valence electrons. The Kier molecular flexibility index (Phi) is 9.08. The number of aryl methyl sites for hydroxylation is 1. The Morgan fingerprint density at radius 3 is 2.40 bits per heavy atom. The molecule has 0 radical (unpaired) electrons. The van der Waals surface area contributed by atoms with Crippen LogP contribution >= 0.6 is 23.2 Å². The van der Waals surface area contributed by atoms with Gasteiger partial charge in [-0.2, -0.15) is 0 Å². The van der Waals surface area contributed by atoms with E-state index in [0.29, 0.717) is 34.4 Å². The van der Waals surface area contributed by atoms with Gasteiger partial charge in [-0.15, -0.1) is 0 Å². The average molecular weight is 452 g/mol. The molecular formula is C22H27Cl2N3O3. The van der Waals surface area contributed by atoms with Crippen LogP contribution in [0.5, 0.6) is 0 Å². The molecule has 8 heteroatoms. The molecule has 0 aliphatic rings. The van der Waals surface area contributed by atoms with Crippen molar-refractivity contribution in [3.63, 3.8) is 0 Å². The lowest BCUT2D eigenvalue weighted by Gasteiger charge is -2.24. The van der Waals surface area contributed by atoms with E-state index in [1.807, 2.05) is 20.2 Å². The van der Waals surface area contributed by atoms with Crippen molar-refractivity contribution in [1.82, 2.24) is 14.8 Å². The number of rotatable bonds is 9. The summed E-state index contributed by atoms with van der Waals surface area (Å²) in [4.78, 5) is 33.4. The number of amides is 1. The molecule has 1 aromatic carbocycles. The molecule has 2 rings (SSSR count). The summed E-state index contributed by atoms with van der Waals surface area (Å²) in [5.41, 5.74) is 1.98. The maximum Gasteiger partial charge on any atom is 0.339 e. The van der Waals surface area contributed by atoms with Gasteiger partial charge in [0.15, 0.2) is 0 Å². The Hall–Kier alpha value is -2.15. The van der Waals surface area contributed by atoms with E-state index in [0.717, 1.165) is 18.5 Å². The van der Waals surface area contributed by atoms with Crippen LogP contribution < -0.4 is 0 Å². The van der Waals surface area contributed by atoms with E-state index in [-0.39, 0.29) is 18.2 Å². The monoisotopic (exact) mass is 451 g/mol. The molecule has 30 heavy (non-hydrogen) atoms. The maximum absolute atomic E-state index is 13.2. The van der Waals surface area contributed by atoms with Crippen LogP contribution in [0.4, 0.5) is 0 Å². The highest BCUT2D eigenvalue weighted by molar-refractivity contribution is 6.42. The van der Waals surface area contributed by atoms with Gasteiger partial charge in [0, 0.05) is 13.1 Å². The number of hydrogen-bond donors (Lipinski definition) is 0. The average Bonchev–Trinajstić information content (AvgIpc) is 2.69. The van der Waals surface area contributed by atoms with Crippen molar-refractivity contribution < 1.29 is 14.3 Å². The molecule has 0 aliphatic carbocycles. The van der Waals surface area contributed by atoms with Gasteiger partial charge in [0.2, 0.25) is 0 Å². The maximum atomic E-state index is 13.2. The largest absolute Gasteiger partial charge is 0.462 e.